The molecule has 33 heavy (non-hydrogen) atoms. The summed E-state index contributed by atoms with van der Waals surface area (Å²) >= 11 is 4.58. The Bertz CT molecular complexity index is 1210. The van der Waals surface area contributed by atoms with Crippen molar-refractivity contribution in [3.8, 4) is 0 Å². The summed E-state index contributed by atoms with van der Waals surface area (Å²) in [4.78, 5) is 19.6. The lowest BCUT2D eigenvalue weighted by Gasteiger charge is -2.31. The summed E-state index contributed by atoms with van der Waals surface area (Å²) < 4.78 is 15.0. The number of carbonyl (C=O) groups is 1. The number of thioether (sulfide) groups is 1. The fourth-order valence-electron chi connectivity index (χ4n) is 3.80. The number of hydrogen-bond acceptors (Lipinski definition) is 8. The molecule has 2 aromatic carbocycles. The molecule has 0 unspecified atom stereocenters. The van der Waals surface area contributed by atoms with Gasteiger partial charge in [-0.05, 0) is 42.7 Å². The maximum absolute atomic E-state index is 13.0. The van der Waals surface area contributed by atoms with Gasteiger partial charge in [-0.3, -0.25) is 4.79 Å². The highest BCUT2D eigenvalue weighted by Gasteiger charge is 2.27. The number of piperidine rings is 1. The van der Waals surface area contributed by atoms with E-state index in [1.54, 1.807) is 23.5 Å². The van der Waals surface area contributed by atoms with Gasteiger partial charge in [-0.15, -0.1) is 21.5 Å². The minimum atomic E-state index is -0.252. The zero-order valence-corrected chi connectivity index (χ0v) is 20.2. The molecule has 1 fully saturated rings. The SMILES string of the molecule is O=C(CSc1nnc(NCc2ccc(F)cc2)s1)N1CCC[C@@H](c2nc3ccccc3s2)C1. The Hall–Kier alpha value is -2.56. The molecule has 6 nitrogen and oxygen atoms in total. The van der Waals surface area contributed by atoms with E-state index in [2.05, 4.69) is 21.6 Å². The van der Waals surface area contributed by atoms with Gasteiger partial charge in [-0.1, -0.05) is 47.4 Å². The summed E-state index contributed by atoms with van der Waals surface area (Å²) in [5.41, 5.74) is 2.00. The number of nitrogens with zero attached hydrogens (tertiary/aromatic N) is 4. The number of benzene rings is 2. The second-order valence-corrected chi connectivity index (χ2v) is 11.1. The van der Waals surface area contributed by atoms with Gasteiger partial charge in [0.1, 0.15) is 5.82 Å². The van der Waals surface area contributed by atoms with Crippen LogP contribution in [-0.4, -0.2) is 44.8 Å². The van der Waals surface area contributed by atoms with Crippen LogP contribution in [-0.2, 0) is 11.3 Å². The van der Waals surface area contributed by atoms with Crippen molar-refractivity contribution in [3.63, 3.8) is 0 Å². The number of para-hydroxylation sites is 1. The predicted octanol–water partition coefficient (Wildman–Crippen LogP) is 5.40. The third-order valence-corrected chi connectivity index (χ3v) is 8.71. The van der Waals surface area contributed by atoms with Crippen LogP contribution >= 0.6 is 34.4 Å². The van der Waals surface area contributed by atoms with Crippen LogP contribution in [0.4, 0.5) is 9.52 Å². The molecule has 1 saturated heterocycles. The zero-order valence-electron chi connectivity index (χ0n) is 17.7. The number of fused-ring (bicyclic) bond motifs is 1. The van der Waals surface area contributed by atoms with Gasteiger partial charge in [0, 0.05) is 25.6 Å². The molecule has 170 valence electrons. The van der Waals surface area contributed by atoms with Crippen LogP contribution in [0.15, 0.2) is 52.9 Å². The molecule has 0 spiro atoms. The number of carbonyl (C=O) groups excluding carboxylic acids is 1. The summed E-state index contributed by atoms with van der Waals surface area (Å²) in [6.45, 7) is 2.06. The minimum absolute atomic E-state index is 0.127. The molecule has 0 radical (unpaired) electrons. The van der Waals surface area contributed by atoms with Crippen LogP contribution in [0.3, 0.4) is 0 Å². The summed E-state index contributed by atoms with van der Waals surface area (Å²) in [5.74, 6) is 0.521. The molecule has 1 amide bonds. The third-order valence-electron chi connectivity index (χ3n) is 5.52. The molecule has 4 aromatic rings. The zero-order chi connectivity index (χ0) is 22.6. The molecule has 1 atom stereocenters. The molecule has 10 heteroatoms. The number of amides is 1. The molecule has 3 heterocycles. The Morgan fingerprint density at radius 2 is 2.00 bits per heavy atom. The van der Waals surface area contributed by atoms with Gasteiger partial charge >= 0.3 is 0 Å². The van der Waals surface area contributed by atoms with Crippen LogP contribution in [0.1, 0.15) is 29.3 Å². The number of aromatic nitrogens is 3. The molecule has 2 aromatic heterocycles. The topological polar surface area (TPSA) is 71.0 Å². The molecule has 0 saturated carbocycles. The van der Waals surface area contributed by atoms with Crippen molar-refractivity contribution in [2.24, 2.45) is 0 Å². The number of thiazole rings is 1. The Morgan fingerprint density at radius 1 is 1.15 bits per heavy atom. The van der Waals surface area contributed by atoms with E-state index in [-0.39, 0.29) is 11.7 Å². The summed E-state index contributed by atoms with van der Waals surface area (Å²) in [6.07, 6.45) is 2.06. The maximum atomic E-state index is 13.0. The molecule has 1 aliphatic rings. The van der Waals surface area contributed by atoms with Crippen LogP contribution in [0.5, 0.6) is 0 Å². The first-order chi connectivity index (χ1) is 16.1. The molecule has 1 N–H and O–H groups in total. The normalized spacial score (nSPS) is 16.3. The second-order valence-electron chi connectivity index (χ2n) is 7.84. The van der Waals surface area contributed by atoms with Crippen LogP contribution in [0.25, 0.3) is 10.2 Å². The maximum Gasteiger partial charge on any atom is 0.233 e. The molecule has 0 bridgehead atoms. The van der Waals surface area contributed by atoms with E-state index in [0.29, 0.717) is 23.3 Å². The van der Waals surface area contributed by atoms with Crippen molar-refractivity contribution in [1.29, 1.82) is 0 Å². The predicted molar refractivity (Wildman–Crippen MR) is 133 cm³/mol. The second kappa shape index (κ2) is 10.1. The van der Waals surface area contributed by atoms with E-state index in [1.807, 2.05) is 23.1 Å². The van der Waals surface area contributed by atoms with Crippen LogP contribution in [0, 0.1) is 5.82 Å². The third kappa shape index (κ3) is 5.51. The van der Waals surface area contributed by atoms with E-state index in [1.165, 1.54) is 39.9 Å². The van der Waals surface area contributed by atoms with Gasteiger partial charge < -0.3 is 10.2 Å². The highest BCUT2D eigenvalue weighted by atomic mass is 32.2. The van der Waals surface area contributed by atoms with E-state index in [0.717, 1.165) is 46.4 Å². The van der Waals surface area contributed by atoms with Crippen molar-refractivity contribution in [2.75, 3.05) is 24.2 Å². The molecular weight excluding hydrogens is 477 g/mol. The Balaban J connectivity index is 1.13. The van der Waals surface area contributed by atoms with Gasteiger partial charge in [-0.25, -0.2) is 9.37 Å². The van der Waals surface area contributed by atoms with E-state index >= 15 is 0 Å². The summed E-state index contributed by atoms with van der Waals surface area (Å²) in [7, 11) is 0. The fraction of sp³-hybridized carbons (Fsp3) is 0.304. The van der Waals surface area contributed by atoms with E-state index < -0.39 is 0 Å². The molecule has 5 rings (SSSR count). The van der Waals surface area contributed by atoms with E-state index in [9.17, 15) is 9.18 Å². The minimum Gasteiger partial charge on any atom is -0.356 e. The quantitative estimate of drug-likeness (QED) is 0.344. The van der Waals surface area contributed by atoms with Crippen molar-refractivity contribution >= 4 is 55.7 Å². The van der Waals surface area contributed by atoms with Crippen LogP contribution < -0.4 is 5.32 Å². The fourth-order valence-corrected chi connectivity index (χ4v) is 6.55. The molecule has 1 aliphatic heterocycles. The first-order valence-corrected chi connectivity index (χ1v) is 13.3. The largest absolute Gasteiger partial charge is 0.356 e. The highest BCUT2D eigenvalue weighted by Crippen LogP contribution is 2.33. The smallest absolute Gasteiger partial charge is 0.233 e. The van der Waals surface area contributed by atoms with Gasteiger partial charge in [0.15, 0.2) is 4.34 Å². The Labute approximate surface area is 203 Å². The number of hydrogen-bond donors (Lipinski definition) is 1. The number of anilines is 1. The van der Waals surface area contributed by atoms with Gasteiger partial charge in [0.05, 0.1) is 21.0 Å². The van der Waals surface area contributed by atoms with E-state index in [4.69, 9.17) is 4.98 Å². The molecular formula is C23H22FN5OS3. The lowest BCUT2D eigenvalue weighted by Crippen LogP contribution is -2.40. The number of likely N-dealkylation sites (tertiary alicyclic amines) is 1. The average Bonchev–Trinajstić information content (AvgIpc) is 3.49. The first-order valence-electron chi connectivity index (χ1n) is 10.7. The van der Waals surface area contributed by atoms with Crippen molar-refractivity contribution in [3.05, 3.63) is 64.9 Å². The van der Waals surface area contributed by atoms with Crippen molar-refractivity contribution in [2.45, 2.75) is 29.6 Å². The standard InChI is InChI=1S/C23H22FN5OS3/c24-17-9-7-15(8-10-17)12-25-22-27-28-23(33-22)31-14-20(30)29-11-3-4-16(13-29)21-26-18-5-1-2-6-19(18)32-21/h1-2,5-10,16H,3-4,11-14H2,(H,25,27)/t16-/m1/s1. The Kier molecular flexibility index (Phi) is 6.84. The number of nitrogens with one attached hydrogen (secondary N) is 1. The van der Waals surface area contributed by atoms with Gasteiger partial charge in [-0.2, -0.15) is 0 Å². The van der Waals surface area contributed by atoms with Crippen molar-refractivity contribution < 1.29 is 9.18 Å². The summed E-state index contributed by atoms with van der Waals surface area (Å²) in [6, 6.07) is 14.5. The van der Waals surface area contributed by atoms with Gasteiger partial charge in [0.2, 0.25) is 11.0 Å². The lowest BCUT2D eigenvalue weighted by atomic mass is 9.99. The average molecular weight is 500 g/mol. The van der Waals surface area contributed by atoms with Crippen molar-refractivity contribution in [1.82, 2.24) is 20.1 Å². The first kappa shape index (κ1) is 22.2. The number of halogens is 1. The Morgan fingerprint density at radius 3 is 2.85 bits per heavy atom. The summed E-state index contributed by atoms with van der Waals surface area (Å²) in [5, 5.41) is 13.3. The number of rotatable bonds is 7. The lowest BCUT2D eigenvalue weighted by molar-refractivity contribution is -0.129. The monoisotopic (exact) mass is 499 g/mol. The van der Waals surface area contributed by atoms with Gasteiger partial charge in [0.25, 0.3) is 0 Å². The highest BCUT2D eigenvalue weighted by molar-refractivity contribution is 8.01. The molecule has 0 aliphatic carbocycles. The van der Waals surface area contributed by atoms with Crippen LogP contribution in [0.2, 0.25) is 0 Å².